The van der Waals surface area contributed by atoms with Gasteiger partial charge in [0.25, 0.3) is 0 Å². The van der Waals surface area contributed by atoms with E-state index in [1.165, 1.54) is 25.7 Å². The van der Waals surface area contributed by atoms with Gasteiger partial charge in [-0.1, -0.05) is 88.0 Å². The minimum atomic E-state index is -1.72. The molecule has 9 nitrogen and oxygen atoms in total. The van der Waals surface area contributed by atoms with Crippen LogP contribution in [0.25, 0.3) is 0 Å². The molecule has 9 aliphatic carbocycles. The number of ether oxygens (including phenoxy) is 1. The maximum atomic E-state index is 14.7. The van der Waals surface area contributed by atoms with Crippen LogP contribution in [0.4, 0.5) is 0 Å². The maximum Gasteiger partial charge on any atom is 0.331 e. The third-order valence-corrected chi connectivity index (χ3v) is 21.4. The molecule has 11 rings (SSSR count). The van der Waals surface area contributed by atoms with Gasteiger partial charge < -0.3 is 40.4 Å². The first-order valence-electron chi connectivity index (χ1n) is 26.2. The van der Waals surface area contributed by atoms with Crippen molar-refractivity contribution >= 4 is 12.3 Å². The molecule has 18 unspecified atom stereocenters. The Morgan fingerprint density at radius 1 is 0.969 bits per heavy atom. The number of benzene rings is 1. The summed E-state index contributed by atoms with van der Waals surface area (Å²) in [5.41, 5.74) is -3.51. The van der Waals surface area contributed by atoms with Gasteiger partial charge in [-0.3, -0.25) is 0 Å². The lowest BCUT2D eigenvalue weighted by Crippen LogP contribution is -2.81. The average molecular weight is 890 g/mol. The third kappa shape index (κ3) is 6.18. The summed E-state index contributed by atoms with van der Waals surface area (Å²) in [6, 6.07) is 5.78. The summed E-state index contributed by atoms with van der Waals surface area (Å²) in [5.74, 6) is 5.78. The van der Waals surface area contributed by atoms with E-state index in [9.17, 15) is 35.1 Å². The van der Waals surface area contributed by atoms with Crippen LogP contribution in [0.3, 0.4) is 0 Å². The van der Waals surface area contributed by atoms with Gasteiger partial charge in [0.15, 0.2) is 0 Å². The Morgan fingerprint density at radius 2 is 1.80 bits per heavy atom. The molecule has 6 N–H and O–H groups in total. The van der Waals surface area contributed by atoms with E-state index in [0.717, 1.165) is 60.7 Å². The fourth-order valence-electron chi connectivity index (χ4n) is 19.0. The minimum absolute atomic E-state index is 0.0775. The number of carbonyl (C=O) groups excluding carboxylic acids is 2. The fourth-order valence-corrected chi connectivity index (χ4v) is 19.0. The molecule has 7 fully saturated rings. The number of carbonyl (C=O) groups is 2. The van der Waals surface area contributed by atoms with Crippen molar-refractivity contribution < 1.29 is 39.9 Å². The largest absolute Gasteiger partial charge is 0.454 e. The first-order chi connectivity index (χ1) is 31.4. The van der Waals surface area contributed by atoms with E-state index in [1.807, 2.05) is 25.2 Å². The zero-order valence-electron chi connectivity index (χ0n) is 38.9. The van der Waals surface area contributed by atoms with Crippen LogP contribution in [-0.4, -0.2) is 79.9 Å². The molecule has 1 heterocycles. The summed E-state index contributed by atoms with van der Waals surface area (Å²) in [4.78, 5) is 28.3. The number of allylic oxidation sites excluding steroid dienone is 2. The van der Waals surface area contributed by atoms with E-state index in [2.05, 4.69) is 36.2 Å². The van der Waals surface area contributed by atoms with Gasteiger partial charge in [-0.2, -0.15) is 0 Å². The summed E-state index contributed by atoms with van der Waals surface area (Å²) < 4.78 is 6.32. The zero-order valence-corrected chi connectivity index (χ0v) is 38.9. The lowest BCUT2D eigenvalue weighted by molar-refractivity contribution is -0.348. The summed E-state index contributed by atoms with van der Waals surface area (Å²) in [5, 5.41) is 69.8. The summed E-state index contributed by atoms with van der Waals surface area (Å²) in [6.45, 7) is 2.08. The Hall–Kier alpha value is -2.84. The lowest BCUT2D eigenvalue weighted by atomic mass is 9.35. The molecule has 0 radical (unpaired) electrons. The van der Waals surface area contributed by atoms with Crippen molar-refractivity contribution in [3.05, 3.63) is 58.7 Å². The second-order valence-corrected chi connectivity index (χ2v) is 23.5. The number of esters is 1. The Kier molecular flexibility index (Phi) is 11.3. The van der Waals surface area contributed by atoms with E-state index in [0.29, 0.717) is 76.0 Å². The highest BCUT2D eigenvalue weighted by Crippen LogP contribution is 2.78. The number of unbranched alkanes of at least 4 members (excludes halogenated alkanes) is 2. The van der Waals surface area contributed by atoms with Gasteiger partial charge in [0.05, 0.1) is 29.3 Å². The summed E-state index contributed by atoms with van der Waals surface area (Å²) in [7, 11) is 1.95. The van der Waals surface area contributed by atoms with Crippen molar-refractivity contribution in [1.29, 1.82) is 0 Å². The molecule has 65 heavy (non-hydrogen) atoms. The predicted octanol–water partition coefficient (Wildman–Crippen LogP) is 7.13. The maximum absolute atomic E-state index is 14.7. The van der Waals surface area contributed by atoms with Crippen LogP contribution in [0.1, 0.15) is 146 Å². The highest BCUT2D eigenvalue weighted by molar-refractivity contribution is 5.86. The van der Waals surface area contributed by atoms with Gasteiger partial charge in [0.1, 0.15) is 18.0 Å². The first-order valence-corrected chi connectivity index (χ1v) is 26.2. The molecular formula is C56H75NO8. The third-order valence-electron chi connectivity index (χ3n) is 21.4. The molecule has 7 saturated carbocycles. The van der Waals surface area contributed by atoms with Crippen LogP contribution in [0.15, 0.2) is 42.0 Å². The molecule has 0 saturated heterocycles. The Labute approximate surface area is 386 Å². The smallest absolute Gasteiger partial charge is 0.331 e. The van der Waals surface area contributed by atoms with Gasteiger partial charge in [0.2, 0.25) is 0 Å². The molecule has 4 bridgehead atoms. The number of hydrogen-bond donors (Lipinski definition) is 6. The minimum Gasteiger partial charge on any atom is -0.454 e. The molecule has 0 amide bonds. The molecule has 352 valence electrons. The number of aldehydes is 1. The highest BCUT2D eigenvalue weighted by atomic mass is 16.5. The van der Waals surface area contributed by atoms with Crippen molar-refractivity contribution in [2.24, 2.45) is 75.9 Å². The Bertz CT molecular complexity index is 2170. The second kappa shape index (κ2) is 16.4. The molecule has 1 aromatic rings. The van der Waals surface area contributed by atoms with Crippen LogP contribution in [-0.2, 0) is 27.4 Å². The molecular weight excluding hydrogens is 815 g/mol. The first kappa shape index (κ1) is 44.7. The van der Waals surface area contributed by atoms with E-state index in [4.69, 9.17) is 4.74 Å². The lowest BCUT2D eigenvalue weighted by Gasteiger charge is -2.72. The van der Waals surface area contributed by atoms with Crippen LogP contribution < -0.4 is 5.32 Å². The molecule has 1 spiro atoms. The van der Waals surface area contributed by atoms with Crippen LogP contribution in [0.5, 0.6) is 0 Å². The van der Waals surface area contributed by atoms with Gasteiger partial charge in [-0.05, 0) is 154 Å². The van der Waals surface area contributed by atoms with Crippen LogP contribution >= 0.6 is 0 Å². The van der Waals surface area contributed by atoms with Crippen molar-refractivity contribution in [2.75, 3.05) is 7.05 Å². The molecule has 10 aliphatic rings. The molecule has 9 heteroatoms. The molecule has 1 aromatic carbocycles. The van der Waals surface area contributed by atoms with Gasteiger partial charge in [-0.25, -0.2) is 4.79 Å². The molecule has 18 atom stereocenters. The molecule has 1 aliphatic heterocycles. The summed E-state index contributed by atoms with van der Waals surface area (Å²) in [6.07, 6.45) is 21.2. The normalized spacial score (nSPS) is 48.3. The topological polar surface area (TPSA) is 157 Å². The monoisotopic (exact) mass is 890 g/mol. The van der Waals surface area contributed by atoms with Gasteiger partial charge in [-0.15, -0.1) is 0 Å². The second-order valence-electron chi connectivity index (χ2n) is 23.5. The number of likely N-dealkylation sites (N-methyl/N-ethyl adjacent to an activating group) is 1. The number of nitrogens with one attached hydrogen (secondary N) is 1. The quantitative estimate of drug-likeness (QED) is 0.0526. The van der Waals surface area contributed by atoms with Crippen molar-refractivity contribution in [2.45, 2.75) is 177 Å². The number of fused-ring (bicyclic) bond motifs is 8. The van der Waals surface area contributed by atoms with E-state index in [1.54, 1.807) is 6.08 Å². The average Bonchev–Trinajstić information content (AvgIpc) is 4.02. The number of hydrogen-bond acceptors (Lipinski definition) is 9. The number of aliphatic hydroxyl groups excluding tert-OH is 2. The van der Waals surface area contributed by atoms with Crippen LogP contribution in [0, 0.1) is 87.8 Å². The van der Waals surface area contributed by atoms with Gasteiger partial charge in [0, 0.05) is 47.3 Å². The SMILES string of the molecule is CCCCCC1CC2(C=O)C3CCC45CCC#Cc6cccc(CO)c6CC(NC)C6CC(CC4(O)C3(O)CC3CC4C(C=CCC4C4CCCC4)CC(C1O)C32O)C5C1=CC(=O)OC16. The highest BCUT2D eigenvalue weighted by Gasteiger charge is 2.83. The van der Waals surface area contributed by atoms with Crippen molar-refractivity contribution in [1.82, 2.24) is 5.32 Å². The molecule has 0 aromatic heterocycles. The van der Waals surface area contributed by atoms with Crippen molar-refractivity contribution in [3.63, 3.8) is 0 Å². The summed E-state index contributed by atoms with van der Waals surface area (Å²) >= 11 is 0. The Balaban J connectivity index is 1.07. The number of rotatable bonds is 8. The van der Waals surface area contributed by atoms with E-state index >= 15 is 0 Å². The number of aliphatic hydroxyl groups is 5. The fraction of sp³-hybridized carbons (Fsp3) is 0.750. The van der Waals surface area contributed by atoms with E-state index in [-0.39, 0.29) is 60.5 Å². The predicted molar refractivity (Wildman–Crippen MR) is 246 cm³/mol. The van der Waals surface area contributed by atoms with E-state index < -0.39 is 57.6 Å². The van der Waals surface area contributed by atoms with Gasteiger partial charge >= 0.3 is 5.97 Å². The Morgan fingerprint density at radius 3 is 2.57 bits per heavy atom. The van der Waals surface area contributed by atoms with Crippen LogP contribution in [0.2, 0.25) is 0 Å². The standard InChI is InChI=1S/C56H75NO8/c1-3-4-5-15-36-28-53(32-59)47-20-22-52-21-9-8-14-34-16-10-18-37(31-58)41(34)26-46(57-2)43-23-38(49(52)44-27-48(60)65-51(43)44)29-55(52,63)54(47,62)30-39-25-42-35(24-45(50(36)61)56(39,53)64)17-11-19-40(42)33-12-6-7-13-33/h10-11,16-18,27,32-33,35-36,38-40,42-43,45-47,49-51,57-58,61-64H,3-7,9,12-13,15,19-26,28-31H2,1-2H3. The van der Waals surface area contributed by atoms with Crippen molar-refractivity contribution in [3.8, 4) is 11.8 Å². The zero-order chi connectivity index (χ0) is 45.1.